The van der Waals surface area contributed by atoms with Gasteiger partial charge in [0.05, 0.1) is 5.69 Å². The summed E-state index contributed by atoms with van der Waals surface area (Å²) in [5.41, 5.74) is 6.44. The minimum absolute atomic E-state index is 0.158. The lowest BCUT2D eigenvalue weighted by Gasteiger charge is -2.46. The van der Waals surface area contributed by atoms with E-state index in [4.69, 9.17) is 4.98 Å². The van der Waals surface area contributed by atoms with Gasteiger partial charge in [-0.25, -0.2) is 0 Å². The number of nitrogens with zero attached hydrogens (tertiary/aromatic N) is 1. The Morgan fingerprint density at radius 3 is 1.81 bits per heavy atom. The highest BCUT2D eigenvalue weighted by atomic mass is 14.7. The highest BCUT2D eigenvalue weighted by Gasteiger charge is 2.41. The molecule has 0 fully saturated rings. The van der Waals surface area contributed by atoms with E-state index in [2.05, 4.69) is 110 Å². The fourth-order valence-corrected chi connectivity index (χ4v) is 6.61. The first-order valence-electron chi connectivity index (χ1n) is 12.1. The highest BCUT2D eigenvalue weighted by molar-refractivity contribution is 6.11. The Kier molecular flexibility index (Phi) is 5.88. The van der Waals surface area contributed by atoms with Crippen molar-refractivity contribution >= 4 is 21.5 Å². The first-order valence-corrected chi connectivity index (χ1v) is 12.1. The van der Waals surface area contributed by atoms with Crippen LogP contribution in [-0.4, -0.2) is 4.98 Å². The summed E-state index contributed by atoms with van der Waals surface area (Å²) in [6, 6.07) is 20.6. The van der Waals surface area contributed by atoms with Crippen molar-refractivity contribution in [1.82, 2.24) is 4.98 Å². The smallest absolute Gasteiger partial charge is 0.0780 e. The maximum Gasteiger partial charge on any atom is 0.0780 e. The van der Waals surface area contributed by atoms with Crippen molar-refractivity contribution in [1.29, 1.82) is 0 Å². The molecule has 0 saturated heterocycles. The third-order valence-corrected chi connectivity index (χ3v) is 7.62. The van der Waals surface area contributed by atoms with Gasteiger partial charge in [0.15, 0.2) is 0 Å². The lowest BCUT2D eigenvalue weighted by molar-refractivity contribution is 0.148. The first-order chi connectivity index (χ1) is 15.2. The van der Waals surface area contributed by atoms with Crippen LogP contribution in [0.15, 0.2) is 60.8 Å². The fourth-order valence-electron chi connectivity index (χ4n) is 6.61. The van der Waals surface area contributed by atoms with E-state index in [1.807, 2.05) is 6.20 Å². The lowest BCUT2D eigenvalue weighted by atomic mass is 9.58. The van der Waals surface area contributed by atoms with Gasteiger partial charge in [0.1, 0.15) is 0 Å². The maximum absolute atomic E-state index is 4.79. The van der Waals surface area contributed by atoms with E-state index in [0.717, 1.165) is 5.69 Å². The zero-order valence-electron chi connectivity index (χ0n) is 21.0. The molecule has 4 aromatic rings. The van der Waals surface area contributed by atoms with Crippen molar-refractivity contribution in [3.63, 3.8) is 0 Å². The number of rotatable bonds is 5. The summed E-state index contributed by atoms with van der Waals surface area (Å²) in [6.45, 7) is 18.6. The van der Waals surface area contributed by atoms with E-state index >= 15 is 0 Å². The van der Waals surface area contributed by atoms with Gasteiger partial charge in [-0.3, -0.25) is 4.98 Å². The van der Waals surface area contributed by atoms with Gasteiger partial charge < -0.3 is 0 Å². The Hall–Kier alpha value is -2.67. The average Bonchev–Trinajstić information content (AvgIpc) is 2.72. The molecule has 3 aromatic carbocycles. The lowest BCUT2D eigenvalue weighted by Crippen LogP contribution is -2.42. The zero-order valence-corrected chi connectivity index (χ0v) is 21.0. The second kappa shape index (κ2) is 8.35. The molecule has 0 saturated carbocycles. The van der Waals surface area contributed by atoms with Crippen LogP contribution in [0.1, 0.15) is 58.2 Å². The Labute approximate surface area is 193 Å². The van der Waals surface area contributed by atoms with Crippen LogP contribution in [0.4, 0.5) is 0 Å². The van der Waals surface area contributed by atoms with Crippen molar-refractivity contribution in [3.05, 3.63) is 77.5 Å². The molecule has 4 rings (SSSR count). The van der Waals surface area contributed by atoms with Crippen LogP contribution < -0.4 is 0 Å². The van der Waals surface area contributed by atoms with Crippen molar-refractivity contribution in [3.8, 4) is 11.3 Å². The Morgan fingerprint density at radius 1 is 0.625 bits per heavy atom. The molecule has 0 N–H and O–H groups in total. The molecule has 0 amide bonds. The van der Waals surface area contributed by atoms with E-state index in [1.54, 1.807) is 0 Å². The molecule has 0 spiro atoms. The van der Waals surface area contributed by atoms with Gasteiger partial charge >= 0.3 is 0 Å². The molecule has 0 radical (unpaired) electrons. The van der Waals surface area contributed by atoms with E-state index < -0.39 is 0 Å². The Bertz CT molecular complexity index is 1230. The molecule has 1 heterocycles. The van der Waals surface area contributed by atoms with Crippen LogP contribution >= 0.6 is 0 Å². The van der Waals surface area contributed by atoms with Crippen LogP contribution in [-0.2, 0) is 5.41 Å². The topological polar surface area (TPSA) is 12.9 Å². The summed E-state index contributed by atoms with van der Waals surface area (Å²) < 4.78 is 0. The minimum Gasteiger partial charge on any atom is -0.256 e. The van der Waals surface area contributed by atoms with Gasteiger partial charge in [0, 0.05) is 22.6 Å². The number of pyridine rings is 1. The number of aryl methyl sites for hydroxylation is 2. The standard InChI is InChI=1S/C31H37N/c1-19(2)31(20(3)4,21(5)6)26-10-12-27-24(18-26)9-11-29-28(27)13-14-32-30(29)25-16-22(7)15-23(8)17-25/h9-21H,1-8H3. The van der Waals surface area contributed by atoms with Crippen LogP contribution in [0.3, 0.4) is 0 Å². The molecule has 0 unspecified atom stereocenters. The summed E-state index contributed by atoms with van der Waals surface area (Å²) in [5, 5.41) is 5.13. The number of aromatic nitrogens is 1. The predicted octanol–water partition coefficient (Wildman–Crippen LogP) is 8.88. The van der Waals surface area contributed by atoms with Gasteiger partial charge in [0.2, 0.25) is 0 Å². The van der Waals surface area contributed by atoms with Crippen LogP contribution in [0.2, 0.25) is 0 Å². The summed E-state index contributed by atoms with van der Waals surface area (Å²) in [6.07, 6.45) is 1.96. The molecule has 32 heavy (non-hydrogen) atoms. The van der Waals surface area contributed by atoms with Gasteiger partial charge in [-0.1, -0.05) is 89.1 Å². The number of fused-ring (bicyclic) bond motifs is 3. The second-order valence-corrected chi connectivity index (χ2v) is 10.5. The molecule has 166 valence electrons. The second-order valence-electron chi connectivity index (χ2n) is 10.5. The van der Waals surface area contributed by atoms with Crippen LogP contribution in [0.5, 0.6) is 0 Å². The molecule has 0 bridgehead atoms. The Balaban J connectivity index is 1.95. The van der Waals surface area contributed by atoms with Gasteiger partial charge in [-0.15, -0.1) is 0 Å². The van der Waals surface area contributed by atoms with E-state index in [1.165, 1.54) is 43.8 Å². The largest absolute Gasteiger partial charge is 0.256 e. The normalized spacial score (nSPS) is 12.6. The molecular formula is C31H37N. The predicted molar refractivity (Wildman–Crippen MR) is 140 cm³/mol. The summed E-state index contributed by atoms with van der Waals surface area (Å²) in [7, 11) is 0. The molecule has 0 aliphatic heterocycles. The molecule has 0 aliphatic rings. The quantitative estimate of drug-likeness (QED) is 0.292. The molecule has 1 nitrogen and oxygen atoms in total. The highest BCUT2D eigenvalue weighted by Crippen LogP contribution is 2.46. The number of benzene rings is 3. The number of hydrogen-bond donors (Lipinski definition) is 0. The molecule has 1 aromatic heterocycles. The van der Waals surface area contributed by atoms with Gasteiger partial charge in [-0.05, 0) is 71.5 Å². The van der Waals surface area contributed by atoms with Gasteiger partial charge in [0.25, 0.3) is 0 Å². The van der Waals surface area contributed by atoms with Crippen LogP contribution in [0.25, 0.3) is 32.8 Å². The van der Waals surface area contributed by atoms with E-state index in [9.17, 15) is 0 Å². The Morgan fingerprint density at radius 2 is 1.22 bits per heavy atom. The summed E-state index contributed by atoms with van der Waals surface area (Å²) in [5.74, 6) is 1.71. The fraction of sp³-hybridized carbons (Fsp3) is 0.387. The molecule has 0 aliphatic carbocycles. The third-order valence-electron chi connectivity index (χ3n) is 7.62. The number of hydrogen-bond acceptors (Lipinski definition) is 1. The van der Waals surface area contributed by atoms with E-state index in [-0.39, 0.29) is 5.41 Å². The van der Waals surface area contributed by atoms with Gasteiger partial charge in [-0.2, -0.15) is 0 Å². The maximum atomic E-state index is 4.79. The van der Waals surface area contributed by atoms with Crippen molar-refractivity contribution in [2.75, 3.05) is 0 Å². The van der Waals surface area contributed by atoms with Crippen molar-refractivity contribution < 1.29 is 0 Å². The first kappa shape index (κ1) is 22.5. The monoisotopic (exact) mass is 423 g/mol. The third kappa shape index (κ3) is 3.52. The van der Waals surface area contributed by atoms with E-state index in [0.29, 0.717) is 17.8 Å². The van der Waals surface area contributed by atoms with Crippen molar-refractivity contribution in [2.45, 2.75) is 60.8 Å². The molecule has 1 heteroatoms. The zero-order chi connectivity index (χ0) is 23.2. The summed E-state index contributed by atoms with van der Waals surface area (Å²) >= 11 is 0. The molecular weight excluding hydrogens is 386 g/mol. The summed E-state index contributed by atoms with van der Waals surface area (Å²) in [4.78, 5) is 4.79. The van der Waals surface area contributed by atoms with Crippen molar-refractivity contribution in [2.24, 2.45) is 17.8 Å². The minimum atomic E-state index is 0.158. The molecule has 0 atom stereocenters. The average molecular weight is 424 g/mol. The SMILES string of the molecule is Cc1cc(C)cc(-c2nccc3c2ccc2cc(C(C(C)C)(C(C)C)C(C)C)ccc23)c1. The van der Waals surface area contributed by atoms with Crippen LogP contribution in [0, 0.1) is 31.6 Å².